The molecule has 1 fully saturated rings. The van der Waals surface area contributed by atoms with E-state index in [1.54, 1.807) is 7.05 Å². The van der Waals surface area contributed by atoms with Gasteiger partial charge in [0.25, 0.3) is 0 Å². The van der Waals surface area contributed by atoms with Gasteiger partial charge in [-0.25, -0.2) is 13.8 Å². The highest BCUT2D eigenvalue weighted by molar-refractivity contribution is 5.47. The number of nitrogens with one attached hydrogen (secondary N) is 2. The van der Waals surface area contributed by atoms with Crippen LogP contribution in [0, 0.1) is 11.6 Å². The molecule has 0 radical (unpaired) electrons. The van der Waals surface area contributed by atoms with Crippen LogP contribution in [0.2, 0.25) is 0 Å². The van der Waals surface area contributed by atoms with Crippen LogP contribution in [0.3, 0.4) is 0 Å². The van der Waals surface area contributed by atoms with Crippen molar-refractivity contribution in [2.45, 2.75) is 25.3 Å². The molecule has 2 N–H and O–H groups in total. The van der Waals surface area contributed by atoms with Crippen molar-refractivity contribution in [1.29, 1.82) is 0 Å². The summed E-state index contributed by atoms with van der Waals surface area (Å²) in [6.07, 6.45) is 3.49. The van der Waals surface area contributed by atoms with Gasteiger partial charge in [0.2, 0.25) is 0 Å². The molecule has 1 saturated heterocycles. The minimum Gasteiger partial charge on any atom is -0.371 e. The highest BCUT2D eigenvalue weighted by Crippen LogP contribution is 2.20. The highest BCUT2D eigenvalue weighted by atomic mass is 19.1. The summed E-state index contributed by atoms with van der Waals surface area (Å²) < 4.78 is 26.9. The van der Waals surface area contributed by atoms with E-state index >= 15 is 0 Å². The Labute approximate surface area is 112 Å². The molecule has 0 spiro atoms. The smallest absolute Gasteiger partial charge is 0.168 e. The van der Waals surface area contributed by atoms with Crippen LogP contribution in [0.4, 0.5) is 20.4 Å². The first kappa shape index (κ1) is 14.0. The zero-order valence-corrected chi connectivity index (χ0v) is 11.3. The molecule has 19 heavy (non-hydrogen) atoms. The second kappa shape index (κ2) is 6.14. The molecule has 1 atom stereocenters. The van der Waals surface area contributed by atoms with Gasteiger partial charge in [-0.05, 0) is 26.4 Å². The number of pyridine rings is 1. The molecule has 0 aromatic carbocycles. The zero-order chi connectivity index (χ0) is 13.8. The van der Waals surface area contributed by atoms with E-state index in [1.807, 2.05) is 0 Å². The van der Waals surface area contributed by atoms with Crippen molar-refractivity contribution in [3.63, 3.8) is 0 Å². The molecule has 1 unspecified atom stereocenters. The first-order valence-corrected chi connectivity index (χ1v) is 6.59. The number of hydrogen-bond acceptors (Lipinski definition) is 4. The summed E-state index contributed by atoms with van der Waals surface area (Å²) >= 11 is 0. The third-order valence-corrected chi connectivity index (χ3v) is 3.59. The van der Waals surface area contributed by atoms with Gasteiger partial charge in [-0.2, -0.15) is 0 Å². The van der Waals surface area contributed by atoms with Gasteiger partial charge >= 0.3 is 0 Å². The largest absolute Gasteiger partial charge is 0.371 e. The average Bonchev–Trinajstić information content (AvgIpc) is 2.39. The number of hydrogen-bond donors (Lipinski definition) is 2. The molecular formula is C13H20F2N4. The van der Waals surface area contributed by atoms with E-state index in [2.05, 4.69) is 27.6 Å². The van der Waals surface area contributed by atoms with Gasteiger partial charge in [0, 0.05) is 25.7 Å². The van der Waals surface area contributed by atoms with E-state index in [1.165, 1.54) is 12.8 Å². The SMILES string of the molecule is CNc1nc(NCC2CCCCN2C)c(F)cc1F. The molecule has 1 aromatic rings. The molecule has 0 saturated carbocycles. The lowest BCUT2D eigenvalue weighted by Crippen LogP contribution is -2.41. The summed E-state index contributed by atoms with van der Waals surface area (Å²) in [6, 6.07) is 1.23. The summed E-state index contributed by atoms with van der Waals surface area (Å²) in [7, 11) is 3.63. The van der Waals surface area contributed by atoms with E-state index in [0.29, 0.717) is 12.6 Å². The quantitative estimate of drug-likeness (QED) is 0.880. The first-order valence-electron chi connectivity index (χ1n) is 6.59. The van der Waals surface area contributed by atoms with Crippen molar-refractivity contribution < 1.29 is 8.78 Å². The number of aromatic nitrogens is 1. The van der Waals surface area contributed by atoms with Crippen molar-refractivity contribution >= 4 is 11.6 Å². The predicted octanol–water partition coefficient (Wildman–Crippen LogP) is 2.30. The normalized spacial score (nSPS) is 20.3. The van der Waals surface area contributed by atoms with Crippen molar-refractivity contribution in [3.8, 4) is 0 Å². The van der Waals surface area contributed by atoms with Crippen molar-refractivity contribution in [3.05, 3.63) is 17.7 Å². The van der Waals surface area contributed by atoms with Gasteiger partial charge in [-0.1, -0.05) is 6.42 Å². The van der Waals surface area contributed by atoms with Gasteiger partial charge in [0.05, 0.1) is 0 Å². The molecule has 0 amide bonds. The molecule has 0 aliphatic carbocycles. The molecule has 0 bridgehead atoms. The summed E-state index contributed by atoms with van der Waals surface area (Å²) in [5.74, 6) is -1.18. The average molecular weight is 270 g/mol. The Morgan fingerprint density at radius 3 is 2.74 bits per heavy atom. The maximum absolute atomic E-state index is 13.6. The molecular weight excluding hydrogens is 250 g/mol. The Morgan fingerprint density at radius 1 is 1.32 bits per heavy atom. The van der Waals surface area contributed by atoms with Crippen LogP contribution in [0.1, 0.15) is 19.3 Å². The summed E-state index contributed by atoms with van der Waals surface area (Å²) in [6.45, 7) is 1.68. The number of rotatable bonds is 4. The van der Waals surface area contributed by atoms with Crippen LogP contribution in [-0.4, -0.2) is 43.1 Å². The Kier molecular flexibility index (Phi) is 4.52. The summed E-state index contributed by atoms with van der Waals surface area (Å²) in [4.78, 5) is 6.17. The van der Waals surface area contributed by atoms with E-state index in [4.69, 9.17) is 0 Å². The first-order chi connectivity index (χ1) is 9.11. The summed E-state index contributed by atoms with van der Waals surface area (Å²) in [5.41, 5.74) is 0. The van der Waals surface area contributed by atoms with E-state index in [0.717, 1.165) is 19.0 Å². The third-order valence-electron chi connectivity index (χ3n) is 3.59. The maximum Gasteiger partial charge on any atom is 0.168 e. The number of likely N-dealkylation sites (N-methyl/N-ethyl adjacent to an activating group) is 1. The van der Waals surface area contributed by atoms with Crippen molar-refractivity contribution in [2.24, 2.45) is 0 Å². The van der Waals surface area contributed by atoms with E-state index in [-0.39, 0.29) is 11.6 Å². The fraction of sp³-hybridized carbons (Fsp3) is 0.615. The minimum atomic E-state index is -0.680. The van der Waals surface area contributed by atoms with E-state index in [9.17, 15) is 8.78 Å². The lowest BCUT2D eigenvalue weighted by Gasteiger charge is -2.32. The van der Waals surface area contributed by atoms with Crippen molar-refractivity contribution in [2.75, 3.05) is 37.8 Å². The van der Waals surface area contributed by atoms with Crippen LogP contribution in [-0.2, 0) is 0 Å². The summed E-state index contributed by atoms with van der Waals surface area (Å²) in [5, 5.41) is 5.59. The van der Waals surface area contributed by atoms with Gasteiger partial charge in [-0.15, -0.1) is 0 Å². The standard InChI is InChI=1S/C13H20F2N4/c1-16-12-10(14)7-11(15)13(18-12)17-8-9-5-3-4-6-19(9)2/h7,9H,3-6,8H2,1-2H3,(H2,16,17,18). The molecule has 1 aromatic heterocycles. The number of likely N-dealkylation sites (tertiary alicyclic amines) is 1. The molecule has 2 rings (SSSR count). The minimum absolute atomic E-state index is 0.0564. The molecule has 1 aliphatic rings. The van der Waals surface area contributed by atoms with Gasteiger partial charge < -0.3 is 15.5 Å². The lowest BCUT2D eigenvalue weighted by atomic mass is 10.0. The second-order valence-electron chi connectivity index (χ2n) is 4.91. The molecule has 1 aliphatic heterocycles. The fourth-order valence-corrected chi connectivity index (χ4v) is 2.38. The van der Waals surface area contributed by atoms with Crippen LogP contribution < -0.4 is 10.6 Å². The third kappa shape index (κ3) is 3.32. The van der Waals surface area contributed by atoms with Gasteiger partial charge in [-0.3, -0.25) is 0 Å². The fourth-order valence-electron chi connectivity index (χ4n) is 2.38. The Morgan fingerprint density at radius 2 is 2.05 bits per heavy atom. The molecule has 4 nitrogen and oxygen atoms in total. The molecule has 106 valence electrons. The van der Waals surface area contributed by atoms with Crippen molar-refractivity contribution in [1.82, 2.24) is 9.88 Å². The molecule has 2 heterocycles. The van der Waals surface area contributed by atoms with Crippen LogP contribution >= 0.6 is 0 Å². The number of nitrogens with zero attached hydrogens (tertiary/aromatic N) is 2. The maximum atomic E-state index is 13.6. The Hall–Kier alpha value is -1.43. The van der Waals surface area contributed by atoms with Crippen LogP contribution in [0.15, 0.2) is 6.07 Å². The van der Waals surface area contributed by atoms with Crippen LogP contribution in [0.25, 0.3) is 0 Å². The van der Waals surface area contributed by atoms with E-state index < -0.39 is 11.6 Å². The number of piperidine rings is 1. The number of halogens is 2. The number of anilines is 2. The van der Waals surface area contributed by atoms with Gasteiger partial charge in [0.1, 0.15) is 0 Å². The highest BCUT2D eigenvalue weighted by Gasteiger charge is 2.19. The zero-order valence-electron chi connectivity index (χ0n) is 11.3. The second-order valence-corrected chi connectivity index (χ2v) is 4.91. The lowest BCUT2D eigenvalue weighted by molar-refractivity contribution is 0.194. The topological polar surface area (TPSA) is 40.2 Å². The molecule has 6 heteroatoms. The Bertz CT molecular complexity index is 439. The Balaban J connectivity index is 2.02. The van der Waals surface area contributed by atoms with Gasteiger partial charge in [0.15, 0.2) is 23.3 Å². The predicted molar refractivity (Wildman–Crippen MR) is 72.5 cm³/mol. The van der Waals surface area contributed by atoms with Crippen LogP contribution in [0.5, 0.6) is 0 Å². The monoisotopic (exact) mass is 270 g/mol.